The average Bonchev–Trinajstić information content (AvgIpc) is 3.17. The second kappa shape index (κ2) is 13.0. The van der Waals surface area contributed by atoms with Gasteiger partial charge in [-0.05, 0) is 89.4 Å². The van der Waals surface area contributed by atoms with E-state index < -0.39 is 16.1 Å². The number of nitro benzene ring substituents is 1. The molecule has 0 bridgehead atoms. The number of hydrogen-bond acceptors (Lipinski definition) is 8. The van der Waals surface area contributed by atoms with Gasteiger partial charge in [-0.15, -0.1) is 0 Å². The summed E-state index contributed by atoms with van der Waals surface area (Å²) >= 11 is 4.27. The van der Waals surface area contributed by atoms with Gasteiger partial charge in [0.15, 0.2) is 18.1 Å². The van der Waals surface area contributed by atoms with E-state index in [0.717, 1.165) is 27.8 Å². The molecule has 1 heterocycles. The van der Waals surface area contributed by atoms with Crippen molar-refractivity contribution in [2.75, 3.05) is 18.5 Å². The summed E-state index contributed by atoms with van der Waals surface area (Å²) in [6, 6.07) is 14.8. The van der Waals surface area contributed by atoms with Crippen LogP contribution in [0.1, 0.15) is 29.2 Å². The quantitative estimate of drug-likeness (QED) is 0.149. The van der Waals surface area contributed by atoms with Gasteiger partial charge in [0.2, 0.25) is 0 Å². The molecule has 1 N–H and O–H groups in total. The maximum absolute atomic E-state index is 13.0. The molecule has 0 atom stereocenters. The third-order valence-electron chi connectivity index (χ3n) is 5.99. The van der Waals surface area contributed by atoms with Crippen LogP contribution in [0.3, 0.4) is 0 Å². The minimum Gasteiger partial charge on any atom is -0.490 e. The topological polar surface area (TPSA) is 128 Å². The van der Waals surface area contributed by atoms with Crippen molar-refractivity contribution in [2.24, 2.45) is 0 Å². The number of carbonyl (C=O) groups excluding carboxylic acids is 3. The van der Waals surface area contributed by atoms with E-state index >= 15 is 0 Å². The van der Waals surface area contributed by atoms with Crippen molar-refractivity contribution in [3.63, 3.8) is 0 Å². The molecule has 3 amide bonds. The Bertz CT molecular complexity index is 1560. The Balaban J connectivity index is 1.48. The van der Waals surface area contributed by atoms with Gasteiger partial charge in [-0.3, -0.25) is 29.4 Å². The number of nitrogens with zero attached hydrogens (tertiary/aromatic N) is 2. The lowest BCUT2D eigenvalue weighted by molar-refractivity contribution is -0.384. The van der Waals surface area contributed by atoms with E-state index in [4.69, 9.17) is 9.47 Å². The standard InChI is InChI=1S/C29H26BrN3O7S/c1-4-39-24-13-20(12-22(30)27(24)40-16-26(34)31-23-10-5-17(2)11-18(23)3)14-25-28(35)32(29(36)41-25)15-19-6-8-21(9-7-19)33(37)38/h5-14H,4,15-16H2,1-3H3,(H,31,34)/b25-14-. The second-order valence-corrected chi connectivity index (χ2v) is 11.0. The minimum absolute atomic E-state index is 0.00908. The van der Waals surface area contributed by atoms with Crippen molar-refractivity contribution in [1.29, 1.82) is 0 Å². The number of thioether (sulfide) groups is 1. The highest BCUT2D eigenvalue weighted by Crippen LogP contribution is 2.39. The maximum Gasteiger partial charge on any atom is 0.293 e. The van der Waals surface area contributed by atoms with Gasteiger partial charge in [-0.2, -0.15) is 0 Å². The summed E-state index contributed by atoms with van der Waals surface area (Å²) in [6.07, 6.45) is 1.57. The Morgan fingerprint density at radius 1 is 1.10 bits per heavy atom. The molecule has 0 radical (unpaired) electrons. The molecule has 0 aliphatic carbocycles. The SMILES string of the molecule is CCOc1cc(/C=C2\SC(=O)N(Cc3ccc([N+](=O)[O-])cc3)C2=O)cc(Br)c1OCC(=O)Nc1ccc(C)cc1C. The number of carbonyl (C=O) groups is 3. The van der Waals surface area contributed by atoms with Crippen LogP contribution in [0.5, 0.6) is 11.5 Å². The highest BCUT2D eigenvalue weighted by Gasteiger charge is 2.35. The van der Waals surface area contributed by atoms with Gasteiger partial charge in [0.1, 0.15) is 0 Å². The Morgan fingerprint density at radius 2 is 1.83 bits per heavy atom. The van der Waals surface area contributed by atoms with Crippen LogP contribution < -0.4 is 14.8 Å². The number of nitro groups is 1. The molecular formula is C29H26BrN3O7S. The monoisotopic (exact) mass is 639 g/mol. The fourth-order valence-electron chi connectivity index (χ4n) is 4.05. The van der Waals surface area contributed by atoms with Crippen LogP contribution in [0.4, 0.5) is 16.2 Å². The first kappa shape index (κ1) is 29.8. The molecule has 212 valence electrons. The Kier molecular flexibility index (Phi) is 9.46. The number of hydrogen-bond donors (Lipinski definition) is 1. The maximum atomic E-state index is 13.0. The van der Waals surface area contributed by atoms with E-state index in [9.17, 15) is 24.5 Å². The zero-order valence-corrected chi connectivity index (χ0v) is 24.8. The largest absolute Gasteiger partial charge is 0.490 e. The molecule has 0 saturated carbocycles. The van der Waals surface area contributed by atoms with E-state index in [-0.39, 0.29) is 29.7 Å². The zero-order valence-electron chi connectivity index (χ0n) is 22.4. The number of aryl methyl sites for hydroxylation is 2. The van der Waals surface area contributed by atoms with Crippen LogP contribution in [0.2, 0.25) is 0 Å². The zero-order chi connectivity index (χ0) is 29.7. The Hall–Kier alpha value is -4.16. The van der Waals surface area contributed by atoms with E-state index in [0.29, 0.717) is 39.4 Å². The number of halogens is 1. The van der Waals surface area contributed by atoms with Crippen molar-refractivity contribution < 1.29 is 28.8 Å². The van der Waals surface area contributed by atoms with E-state index in [1.54, 1.807) is 25.1 Å². The molecule has 10 nitrogen and oxygen atoms in total. The van der Waals surface area contributed by atoms with Gasteiger partial charge >= 0.3 is 0 Å². The van der Waals surface area contributed by atoms with E-state index in [2.05, 4.69) is 21.2 Å². The molecule has 1 aliphatic heterocycles. The second-order valence-electron chi connectivity index (χ2n) is 9.11. The molecule has 0 spiro atoms. The van der Waals surface area contributed by atoms with Gasteiger partial charge in [-0.25, -0.2) is 0 Å². The first-order chi connectivity index (χ1) is 19.5. The molecule has 1 aliphatic rings. The molecule has 12 heteroatoms. The molecule has 3 aromatic rings. The summed E-state index contributed by atoms with van der Waals surface area (Å²) in [7, 11) is 0. The molecule has 1 fully saturated rings. The predicted molar refractivity (Wildman–Crippen MR) is 160 cm³/mol. The Labute approximate surface area is 249 Å². The van der Waals surface area contributed by atoms with Gasteiger partial charge in [0.05, 0.1) is 27.5 Å². The van der Waals surface area contributed by atoms with Crippen molar-refractivity contribution in [1.82, 2.24) is 4.90 Å². The molecule has 0 unspecified atom stereocenters. The lowest BCUT2D eigenvalue weighted by Crippen LogP contribution is -2.27. The van der Waals surface area contributed by atoms with Crippen LogP contribution in [-0.2, 0) is 16.1 Å². The third-order valence-corrected chi connectivity index (χ3v) is 7.49. The number of amides is 3. The number of anilines is 1. The highest BCUT2D eigenvalue weighted by molar-refractivity contribution is 9.10. The summed E-state index contributed by atoms with van der Waals surface area (Å²) in [5.74, 6) is -0.128. The number of rotatable bonds is 10. The number of non-ortho nitro benzene ring substituents is 1. The van der Waals surface area contributed by atoms with Crippen molar-refractivity contribution in [2.45, 2.75) is 27.3 Å². The number of nitrogens with one attached hydrogen (secondary N) is 1. The molecule has 0 aromatic heterocycles. The van der Waals surface area contributed by atoms with Crippen molar-refractivity contribution >= 4 is 62.2 Å². The van der Waals surface area contributed by atoms with E-state index in [1.807, 2.05) is 32.0 Å². The van der Waals surface area contributed by atoms with E-state index in [1.165, 1.54) is 24.3 Å². The third kappa shape index (κ3) is 7.33. The summed E-state index contributed by atoms with van der Waals surface area (Å²) in [5, 5.41) is 13.3. The van der Waals surface area contributed by atoms with Gasteiger partial charge < -0.3 is 14.8 Å². The average molecular weight is 641 g/mol. The number of imide groups is 1. The first-order valence-electron chi connectivity index (χ1n) is 12.5. The van der Waals surface area contributed by atoms with Gasteiger partial charge in [0.25, 0.3) is 22.7 Å². The van der Waals surface area contributed by atoms with Gasteiger partial charge in [-0.1, -0.05) is 29.8 Å². The lowest BCUT2D eigenvalue weighted by atomic mass is 10.1. The summed E-state index contributed by atoms with van der Waals surface area (Å²) in [5.41, 5.74) is 3.82. The first-order valence-corrected chi connectivity index (χ1v) is 14.1. The van der Waals surface area contributed by atoms with Crippen LogP contribution in [0.25, 0.3) is 6.08 Å². The van der Waals surface area contributed by atoms with Gasteiger partial charge in [0, 0.05) is 17.8 Å². The smallest absolute Gasteiger partial charge is 0.293 e. The Morgan fingerprint density at radius 3 is 2.49 bits per heavy atom. The molecule has 41 heavy (non-hydrogen) atoms. The minimum atomic E-state index is -0.515. The summed E-state index contributed by atoms with van der Waals surface area (Å²) in [6.45, 7) is 5.76. The van der Waals surface area contributed by atoms with Crippen LogP contribution in [-0.4, -0.2) is 40.1 Å². The molecule has 3 aromatic carbocycles. The number of ether oxygens (including phenoxy) is 2. The summed E-state index contributed by atoms with van der Waals surface area (Å²) < 4.78 is 12.1. The predicted octanol–water partition coefficient (Wildman–Crippen LogP) is 6.63. The summed E-state index contributed by atoms with van der Waals surface area (Å²) in [4.78, 5) is 49.9. The molecular weight excluding hydrogens is 614 g/mol. The highest BCUT2D eigenvalue weighted by atomic mass is 79.9. The van der Waals surface area contributed by atoms with Crippen LogP contribution in [0.15, 0.2) is 64.0 Å². The molecule has 4 rings (SSSR count). The van der Waals surface area contributed by atoms with Crippen molar-refractivity contribution in [3.8, 4) is 11.5 Å². The van der Waals surface area contributed by atoms with Crippen molar-refractivity contribution in [3.05, 3.63) is 96.3 Å². The lowest BCUT2D eigenvalue weighted by Gasteiger charge is -2.15. The fraction of sp³-hybridized carbons (Fsp3) is 0.207. The fourth-order valence-corrected chi connectivity index (χ4v) is 5.46. The molecule has 1 saturated heterocycles. The number of benzene rings is 3. The normalized spacial score (nSPS) is 14.0. The van der Waals surface area contributed by atoms with Crippen LogP contribution in [0, 0.1) is 24.0 Å². The van der Waals surface area contributed by atoms with Crippen LogP contribution >= 0.6 is 27.7 Å².